The number of carbonyl (C=O) groups is 1. The number of aryl methyl sites for hydroxylation is 1. The molecule has 0 heterocycles. The number of hydrogen-bond acceptors (Lipinski definition) is 2. The van der Waals surface area contributed by atoms with Gasteiger partial charge in [-0.1, -0.05) is 12.5 Å². The fraction of sp³-hybridized carbons (Fsp3) is 0.462. The first-order valence-corrected chi connectivity index (χ1v) is 6.32. The molecule has 0 saturated heterocycles. The SMILES string of the molecule is Cc1ccc(C(=O)NCCCCCCl)cc1O. The third kappa shape index (κ3) is 4.65. The van der Waals surface area contributed by atoms with Crippen molar-refractivity contribution in [2.45, 2.75) is 26.2 Å². The van der Waals surface area contributed by atoms with Crippen LogP contribution in [0.25, 0.3) is 0 Å². The number of carbonyl (C=O) groups excluding carboxylic acids is 1. The summed E-state index contributed by atoms with van der Waals surface area (Å²) >= 11 is 5.56. The Kier molecular flexibility index (Phi) is 5.84. The van der Waals surface area contributed by atoms with Gasteiger partial charge in [-0.25, -0.2) is 0 Å². The first kappa shape index (κ1) is 13.8. The molecule has 1 aromatic carbocycles. The van der Waals surface area contributed by atoms with Crippen molar-refractivity contribution in [1.29, 1.82) is 0 Å². The Bertz CT molecular complexity index is 380. The van der Waals surface area contributed by atoms with Gasteiger partial charge in [0.15, 0.2) is 0 Å². The van der Waals surface area contributed by atoms with Gasteiger partial charge in [-0.05, 0) is 37.5 Å². The van der Waals surface area contributed by atoms with Crippen LogP contribution in [0.2, 0.25) is 0 Å². The van der Waals surface area contributed by atoms with Crippen molar-refractivity contribution in [1.82, 2.24) is 5.32 Å². The number of phenols is 1. The predicted octanol–water partition coefficient (Wildman–Crippen LogP) is 2.84. The van der Waals surface area contributed by atoms with Gasteiger partial charge in [0.2, 0.25) is 0 Å². The number of nitrogens with one attached hydrogen (secondary N) is 1. The molecule has 0 aromatic heterocycles. The van der Waals surface area contributed by atoms with E-state index in [4.69, 9.17) is 11.6 Å². The molecule has 2 N–H and O–H groups in total. The van der Waals surface area contributed by atoms with E-state index >= 15 is 0 Å². The van der Waals surface area contributed by atoms with Crippen LogP contribution in [0.1, 0.15) is 35.2 Å². The summed E-state index contributed by atoms with van der Waals surface area (Å²) in [6, 6.07) is 4.93. The zero-order valence-electron chi connectivity index (χ0n) is 10.0. The fourth-order valence-electron chi connectivity index (χ4n) is 1.45. The molecular formula is C13H18ClNO2. The Labute approximate surface area is 107 Å². The van der Waals surface area contributed by atoms with E-state index in [1.165, 1.54) is 6.07 Å². The number of benzene rings is 1. The quantitative estimate of drug-likeness (QED) is 0.607. The first-order chi connectivity index (χ1) is 8.15. The van der Waals surface area contributed by atoms with Crippen molar-refractivity contribution in [2.24, 2.45) is 0 Å². The number of alkyl halides is 1. The topological polar surface area (TPSA) is 49.3 Å². The summed E-state index contributed by atoms with van der Waals surface area (Å²) in [5.74, 6) is 0.672. The van der Waals surface area contributed by atoms with Crippen molar-refractivity contribution >= 4 is 17.5 Å². The number of phenolic OH excluding ortho intramolecular Hbond substituents is 1. The van der Waals surface area contributed by atoms with Crippen molar-refractivity contribution < 1.29 is 9.90 Å². The molecule has 0 atom stereocenters. The van der Waals surface area contributed by atoms with Crippen molar-refractivity contribution in [3.05, 3.63) is 29.3 Å². The maximum Gasteiger partial charge on any atom is 0.251 e. The molecule has 0 unspecified atom stereocenters. The Morgan fingerprint density at radius 2 is 2.12 bits per heavy atom. The summed E-state index contributed by atoms with van der Waals surface area (Å²) in [5, 5.41) is 12.3. The van der Waals surface area contributed by atoms with Crippen LogP contribution < -0.4 is 5.32 Å². The second-order valence-electron chi connectivity index (χ2n) is 4.01. The Balaban J connectivity index is 2.39. The van der Waals surface area contributed by atoms with Gasteiger partial charge in [0.25, 0.3) is 5.91 Å². The lowest BCUT2D eigenvalue weighted by atomic mass is 10.1. The molecule has 3 nitrogen and oxygen atoms in total. The van der Waals surface area contributed by atoms with Gasteiger partial charge in [0.05, 0.1) is 0 Å². The second-order valence-corrected chi connectivity index (χ2v) is 4.38. The van der Waals surface area contributed by atoms with Crippen LogP contribution in [0.5, 0.6) is 5.75 Å². The molecule has 1 aromatic rings. The molecule has 4 heteroatoms. The maximum absolute atomic E-state index is 11.7. The highest BCUT2D eigenvalue weighted by molar-refractivity contribution is 6.17. The van der Waals surface area contributed by atoms with Crippen LogP contribution >= 0.6 is 11.6 Å². The van der Waals surface area contributed by atoms with Gasteiger partial charge < -0.3 is 10.4 Å². The first-order valence-electron chi connectivity index (χ1n) is 5.79. The minimum Gasteiger partial charge on any atom is -0.508 e. The molecule has 1 rings (SSSR count). The minimum absolute atomic E-state index is 0.147. The summed E-state index contributed by atoms with van der Waals surface area (Å²) in [4.78, 5) is 11.7. The highest BCUT2D eigenvalue weighted by Gasteiger charge is 2.06. The van der Waals surface area contributed by atoms with E-state index in [1.807, 2.05) is 0 Å². The third-order valence-electron chi connectivity index (χ3n) is 2.57. The molecule has 94 valence electrons. The van der Waals surface area contributed by atoms with E-state index in [-0.39, 0.29) is 11.7 Å². The molecule has 0 radical (unpaired) electrons. The smallest absolute Gasteiger partial charge is 0.251 e. The molecular weight excluding hydrogens is 238 g/mol. The van der Waals surface area contributed by atoms with Gasteiger partial charge in [0.1, 0.15) is 5.75 Å². The van der Waals surface area contributed by atoms with Gasteiger partial charge in [0, 0.05) is 18.0 Å². The van der Waals surface area contributed by atoms with Crippen LogP contribution in [0.15, 0.2) is 18.2 Å². The maximum atomic E-state index is 11.7. The van der Waals surface area contributed by atoms with Crippen molar-refractivity contribution in [3.63, 3.8) is 0 Å². The molecule has 1 amide bonds. The summed E-state index contributed by atoms with van der Waals surface area (Å²) in [6.07, 6.45) is 2.92. The predicted molar refractivity (Wildman–Crippen MR) is 69.7 cm³/mol. The molecule has 0 aliphatic carbocycles. The summed E-state index contributed by atoms with van der Waals surface area (Å²) in [6.45, 7) is 2.44. The molecule has 17 heavy (non-hydrogen) atoms. The van der Waals surface area contributed by atoms with Gasteiger partial charge >= 0.3 is 0 Å². The number of hydrogen-bond donors (Lipinski definition) is 2. The van der Waals surface area contributed by atoms with Crippen LogP contribution in [0, 0.1) is 6.92 Å². The average molecular weight is 256 g/mol. The average Bonchev–Trinajstić information content (AvgIpc) is 2.32. The highest BCUT2D eigenvalue weighted by Crippen LogP contribution is 2.17. The number of unbranched alkanes of at least 4 members (excludes halogenated alkanes) is 2. The molecule has 0 aliphatic heterocycles. The molecule has 0 saturated carbocycles. The summed E-state index contributed by atoms with van der Waals surface area (Å²) in [5.41, 5.74) is 1.26. The Morgan fingerprint density at radius 1 is 1.35 bits per heavy atom. The third-order valence-corrected chi connectivity index (χ3v) is 2.83. The van der Waals surface area contributed by atoms with Crippen LogP contribution in [-0.4, -0.2) is 23.4 Å². The van der Waals surface area contributed by atoms with E-state index in [2.05, 4.69) is 5.32 Å². The number of halogens is 1. The zero-order chi connectivity index (χ0) is 12.7. The minimum atomic E-state index is -0.147. The number of amides is 1. The molecule has 0 fully saturated rings. The van der Waals surface area contributed by atoms with E-state index in [1.54, 1.807) is 19.1 Å². The van der Waals surface area contributed by atoms with Gasteiger partial charge in [-0.15, -0.1) is 11.6 Å². The van der Waals surface area contributed by atoms with Gasteiger partial charge in [-0.3, -0.25) is 4.79 Å². The molecule has 0 spiro atoms. The monoisotopic (exact) mass is 255 g/mol. The molecule has 0 bridgehead atoms. The summed E-state index contributed by atoms with van der Waals surface area (Å²) in [7, 11) is 0. The van der Waals surface area contributed by atoms with E-state index < -0.39 is 0 Å². The Morgan fingerprint density at radius 3 is 2.76 bits per heavy atom. The van der Waals surface area contributed by atoms with E-state index in [0.29, 0.717) is 18.0 Å². The lowest BCUT2D eigenvalue weighted by Gasteiger charge is -2.06. The van der Waals surface area contributed by atoms with E-state index in [9.17, 15) is 9.90 Å². The lowest BCUT2D eigenvalue weighted by molar-refractivity contribution is 0.0952. The van der Waals surface area contributed by atoms with Crippen LogP contribution in [0.3, 0.4) is 0 Å². The number of rotatable bonds is 6. The van der Waals surface area contributed by atoms with Crippen molar-refractivity contribution in [2.75, 3.05) is 12.4 Å². The largest absolute Gasteiger partial charge is 0.508 e. The van der Waals surface area contributed by atoms with Crippen molar-refractivity contribution in [3.8, 4) is 5.75 Å². The van der Waals surface area contributed by atoms with E-state index in [0.717, 1.165) is 24.8 Å². The zero-order valence-corrected chi connectivity index (χ0v) is 10.8. The Hall–Kier alpha value is -1.22. The standard InChI is InChI=1S/C13H18ClNO2/c1-10-5-6-11(9-12(10)16)13(17)15-8-4-2-3-7-14/h5-6,9,16H,2-4,7-8H2,1H3,(H,15,17). The number of aromatic hydroxyl groups is 1. The normalized spacial score (nSPS) is 10.2. The summed E-state index contributed by atoms with van der Waals surface area (Å²) < 4.78 is 0. The molecule has 0 aliphatic rings. The fourth-order valence-corrected chi connectivity index (χ4v) is 1.64. The van der Waals surface area contributed by atoms with Gasteiger partial charge in [-0.2, -0.15) is 0 Å². The van der Waals surface area contributed by atoms with Crippen LogP contribution in [-0.2, 0) is 0 Å². The lowest BCUT2D eigenvalue weighted by Crippen LogP contribution is -2.24. The second kappa shape index (κ2) is 7.17. The van der Waals surface area contributed by atoms with Crippen LogP contribution in [0.4, 0.5) is 0 Å². The highest BCUT2D eigenvalue weighted by atomic mass is 35.5.